The van der Waals surface area contributed by atoms with Gasteiger partial charge in [0.05, 0.1) is 0 Å². The van der Waals surface area contributed by atoms with E-state index < -0.39 is 0 Å². The van der Waals surface area contributed by atoms with Crippen LogP contribution in [-0.2, 0) is 0 Å². The normalized spacial score (nSPS) is 20.6. The van der Waals surface area contributed by atoms with Crippen molar-refractivity contribution in [3.05, 3.63) is 28.2 Å². The van der Waals surface area contributed by atoms with Crippen LogP contribution in [0.3, 0.4) is 0 Å². The van der Waals surface area contributed by atoms with Gasteiger partial charge in [-0.3, -0.25) is 4.79 Å². The van der Waals surface area contributed by atoms with E-state index in [4.69, 9.17) is 0 Å². The van der Waals surface area contributed by atoms with E-state index in [-0.39, 0.29) is 0 Å². The predicted molar refractivity (Wildman–Crippen MR) is 79.4 cm³/mol. The van der Waals surface area contributed by atoms with Crippen LogP contribution < -0.4 is 4.90 Å². The molecule has 0 aromatic heterocycles. The molecular weight excluding hydrogens is 290 g/mol. The Morgan fingerprint density at radius 2 is 2.22 bits per heavy atom. The SMILES string of the molecule is CCC1CCCN(c2cc(Br)ccc2C=O)CC1. The van der Waals surface area contributed by atoms with Crippen LogP contribution in [0.4, 0.5) is 5.69 Å². The molecule has 1 atom stereocenters. The van der Waals surface area contributed by atoms with Crippen molar-refractivity contribution >= 4 is 27.9 Å². The van der Waals surface area contributed by atoms with Gasteiger partial charge in [0.15, 0.2) is 6.29 Å². The first-order valence-electron chi connectivity index (χ1n) is 6.74. The highest BCUT2D eigenvalue weighted by molar-refractivity contribution is 9.10. The maximum Gasteiger partial charge on any atom is 0.152 e. The number of anilines is 1. The maximum absolute atomic E-state index is 11.1. The molecule has 0 bridgehead atoms. The van der Waals surface area contributed by atoms with Crippen molar-refractivity contribution in [1.82, 2.24) is 0 Å². The van der Waals surface area contributed by atoms with E-state index in [0.717, 1.165) is 41.0 Å². The molecule has 1 fully saturated rings. The van der Waals surface area contributed by atoms with Crippen molar-refractivity contribution < 1.29 is 4.79 Å². The number of aldehydes is 1. The van der Waals surface area contributed by atoms with Crippen molar-refractivity contribution in [3.8, 4) is 0 Å². The Bertz CT molecular complexity index is 419. The minimum Gasteiger partial charge on any atom is -0.371 e. The highest BCUT2D eigenvalue weighted by Crippen LogP contribution is 2.28. The minimum atomic E-state index is 0.799. The molecule has 0 amide bonds. The fourth-order valence-electron chi connectivity index (χ4n) is 2.70. The second-order valence-corrected chi connectivity index (χ2v) is 5.93. The zero-order valence-electron chi connectivity index (χ0n) is 10.9. The number of halogens is 1. The lowest BCUT2D eigenvalue weighted by atomic mass is 9.98. The Labute approximate surface area is 117 Å². The fraction of sp³-hybridized carbons (Fsp3) is 0.533. The molecule has 3 heteroatoms. The smallest absolute Gasteiger partial charge is 0.152 e. The zero-order chi connectivity index (χ0) is 13.0. The van der Waals surface area contributed by atoms with Crippen molar-refractivity contribution in [2.45, 2.75) is 32.6 Å². The van der Waals surface area contributed by atoms with Crippen molar-refractivity contribution in [3.63, 3.8) is 0 Å². The average Bonchev–Trinajstić information content (AvgIpc) is 2.63. The Morgan fingerprint density at radius 1 is 1.39 bits per heavy atom. The fourth-order valence-corrected chi connectivity index (χ4v) is 3.05. The second kappa shape index (κ2) is 6.37. The number of carbonyl (C=O) groups excluding carboxylic acids is 1. The Morgan fingerprint density at radius 3 is 2.94 bits per heavy atom. The molecule has 2 nitrogen and oxygen atoms in total. The Hall–Kier alpha value is -0.830. The highest BCUT2D eigenvalue weighted by Gasteiger charge is 2.18. The first-order valence-corrected chi connectivity index (χ1v) is 7.53. The number of benzene rings is 1. The third-order valence-corrected chi connectivity index (χ3v) is 4.38. The summed E-state index contributed by atoms with van der Waals surface area (Å²) in [6, 6.07) is 5.89. The molecule has 0 spiro atoms. The van der Waals surface area contributed by atoms with Gasteiger partial charge in [-0.25, -0.2) is 0 Å². The Kier molecular flexibility index (Phi) is 4.81. The standard InChI is InChI=1S/C15H20BrNO/c1-2-12-4-3-8-17(9-7-12)15-10-14(16)6-5-13(15)11-18/h5-6,10-12H,2-4,7-9H2,1H3. The molecule has 1 aromatic carbocycles. The van der Waals surface area contributed by atoms with Gasteiger partial charge in [0.2, 0.25) is 0 Å². The molecule has 0 N–H and O–H groups in total. The Balaban J connectivity index is 2.20. The van der Waals surface area contributed by atoms with Crippen LogP contribution >= 0.6 is 15.9 Å². The minimum absolute atomic E-state index is 0.799. The molecule has 0 saturated carbocycles. The summed E-state index contributed by atoms with van der Waals surface area (Å²) in [7, 11) is 0. The van der Waals surface area contributed by atoms with Gasteiger partial charge < -0.3 is 4.90 Å². The summed E-state index contributed by atoms with van der Waals surface area (Å²) in [5, 5.41) is 0. The molecule has 0 radical (unpaired) electrons. The quantitative estimate of drug-likeness (QED) is 0.777. The molecule has 18 heavy (non-hydrogen) atoms. The van der Waals surface area contributed by atoms with Gasteiger partial charge in [0, 0.05) is 28.8 Å². The molecule has 0 aliphatic carbocycles. The molecule has 1 unspecified atom stereocenters. The summed E-state index contributed by atoms with van der Waals surface area (Å²) in [4.78, 5) is 13.5. The second-order valence-electron chi connectivity index (χ2n) is 5.01. The third kappa shape index (κ3) is 3.14. The van der Waals surface area contributed by atoms with E-state index in [9.17, 15) is 4.79 Å². The van der Waals surface area contributed by atoms with E-state index in [1.165, 1.54) is 25.7 Å². The molecule has 1 saturated heterocycles. The van der Waals surface area contributed by atoms with Gasteiger partial charge >= 0.3 is 0 Å². The van der Waals surface area contributed by atoms with Crippen molar-refractivity contribution in [1.29, 1.82) is 0 Å². The first-order chi connectivity index (χ1) is 8.74. The van der Waals surface area contributed by atoms with Gasteiger partial charge in [-0.15, -0.1) is 0 Å². The van der Waals surface area contributed by atoms with Crippen molar-refractivity contribution in [2.24, 2.45) is 5.92 Å². The molecule has 98 valence electrons. The monoisotopic (exact) mass is 309 g/mol. The van der Waals surface area contributed by atoms with Gasteiger partial charge in [-0.1, -0.05) is 29.3 Å². The lowest BCUT2D eigenvalue weighted by Crippen LogP contribution is -2.25. The van der Waals surface area contributed by atoms with Gasteiger partial charge in [-0.2, -0.15) is 0 Å². The average molecular weight is 310 g/mol. The topological polar surface area (TPSA) is 20.3 Å². The zero-order valence-corrected chi connectivity index (χ0v) is 12.4. The predicted octanol–water partition coefficient (Wildman–Crippen LogP) is 4.28. The summed E-state index contributed by atoms with van der Waals surface area (Å²) in [5.74, 6) is 0.849. The largest absolute Gasteiger partial charge is 0.371 e. The maximum atomic E-state index is 11.1. The van der Waals surface area contributed by atoms with Crippen molar-refractivity contribution in [2.75, 3.05) is 18.0 Å². The summed E-state index contributed by atoms with van der Waals surface area (Å²) in [6.07, 6.45) is 6.01. The van der Waals surface area contributed by atoms with Gasteiger partial charge in [0.1, 0.15) is 0 Å². The first kappa shape index (κ1) is 13.6. The lowest BCUT2D eigenvalue weighted by Gasteiger charge is -2.24. The van der Waals surface area contributed by atoms with Crippen LogP contribution in [0.1, 0.15) is 43.0 Å². The number of hydrogen-bond acceptors (Lipinski definition) is 2. The van der Waals surface area contributed by atoms with Crippen LogP contribution in [0.2, 0.25) is 0 Å². The molecule has 1 aliphatic heterocycles. The van der Waals surface area contributed by atoms with E-state index in [0.29, 0.717) is 0 Å². The van der Waals surface area contributed by atoms with Crippen LogP contribution in [0.25, 0.3) is 0 Å². The van der Waals surface area contributed by atoms with Crippen LogP contribution in [0.15, 0.2) is 22.7 Å². The number of carbonyl (C=O) groups is 1. The summed E-state index contributed by atoms with van der Waals surface area (Å²) < 4.78 is 1.04. The molecule has 1 heterocycles. The highest BCUT2D eigenvalue weighted by atomic mass is 79.9. The number of nitrogens with zero attached hydrogens (tertiary/aromatic N) is 1. The number of hydrogen-bond donors (Lipinski definition) is 0. The summed E-state index contributed by atoms with van der Waals surface area (Å²) in [6.45, 7) is 4.40. The molecular formula is C15H20BrNO. The van der Waals surface area contributed by atoms with E-state index in [1.807, 2.05) is 12.1 Å². The summed E-state index contributed by atoms with van der Waals surface area (Å²) in [5.41, 5.74) is 1.88. The number of rotatable bonds is 3. The van der Waals surface area contributed by atoms with Crippen LogP contribution in [-0.4, -0.2) is 19.4 Å². The lowest BCUT2D eigenvalue weighted by molar-refractivity contribution is 0.112. The van der Waals surface area contributed by atoms with E-state index in [1.54, 1.807) is 0 Å². The summed E-state index contributed by atoms with van der Waals surface area (Å²) >= 11 is 3.49. The molecule has 1 aromatic rings. The van der Waals surface area contributed by atoms with Gasteiger partial charge in [-0.05, 0) is 43.4 Å². The van der Waals surface area contributed by atoms with Crippen LogP contribution in [0, 0.1) is 5.92 Å². The van der Waals surface area contributed by atoms with E-state index >= 15 is 0 Å². The van der Waals surface area contributed by atoms with E-state index in [2.05, 4.69) is 33.8 Å². The van der Waals surface area contributed by atoms with Crippen LogP contribution in [0.5, 0.6) is 0 Å². The molecule has 1 aliphatic rings. The van der Waals surface area contributed by atoms with Gasteiger partial charge in [0.25, 0.3) is 0 Å². The third-order valence-electron chi connectivity index (χ3n) is 3.89. The molecule has 2 rings (SSSR count).